The van der Waals surface area contributed by atoms with Crippen LogP contribution in [0.2, 0.25) is 0 Å². The van der Waals surface area contributed by atoms with Gasteiger partial charge in [-0.15, -0.1) is 0 Å². The summed E-state index contributed by atoms with van der Waals surface area (Å²) in [7, 11) is 0. The summed E-state index contributed by atoms with van der Waals surface area (Å²) < 4.78 is 0. The number of aliphatic carboxylic acids is 1. The van der Waals surface area contributed by atoms with Crippen molar-refractivity contribution < 1.29 is 9.90 Å². The normalized spacial score (nSPS) is 12.5. The number of hydrogen-bond donors (Lipinski definition) is 1. The molecule has 0 aliphatic rings. The van der Waals surface area contributed by atoms with Crippen LogP contribution in [0.3, 0.4) is 0 Å². The van der Waals surface area contributed by atoms with E-state index in [1.807, 2.05) is 0 Å². The molecule has 1 unspecified atom stereocenters. The second kappa shape index (κ2) is 15.9. The Morgan fingerprint density at radius 1 is 0.762 bits per heavy atom. The van der Waals surface area contributed by atoms with Crippen LogP contribution >= 0.6 is 0 Å². The second-order valence-electron chi connectivity index (χ2n) is 6.72. The fraction of sp³-hybridized carbons (Fsp3) is 0.947. The Bertz CT molecular complexity index is 226. The molecule has 0 radical (unpaired) electrons. The number of carbonyl (C=O) groups is 1. The molecule has 0 aliphatic carbocycles. The summed E-state index contributed by atoms with van der Waals surface area (Å²) in [4.78, 5) is 10.4. The van der Waals surface area contributed by atoms with Crippen LogP contribution in [-0.2, 0) is 4.79 Å². The van der Waals surface area contributed by atoms with Gasteiger partial charge in [-0.3, -0.25) is 4.79 Å². The molecule has 2 heteroatoms. The van der Waals surface area contributed by atoms with E-state index in [2.05, 4.69) is 13.8 Å². The fourth-order valence-electron chi connectivity index (χ4n) is 2.89. The van der Waals surface area contributed by atoms with Crippen molar-refractivity contribution in [1.82, 2.24) is 0 Å². The van der Waals surface area contributed by atoms with E-state index in [1.165, 1.54) is 77.0 Å². The van der Waals surface area contributed by atoms with Crippen molar-refractivity contribution >= 4 is 5.97 Å². The Balaban J connectivity index is 3.15. The molecule has 0 aliphatic heterocycles. The monoisotopic (exact) mass is 298 g/mol. The van der Waals surface area contributed by atoms with Gasteiger partial charge in [0.1, 0.15) is 0 Å². The van der Waals surface area contributed by atoms with E-state index in [0.29, 0.717) is 6.42 Å². The Morgan fingerprint density at radius 3 is 1.67 bits per heavy atom. The maximum absolute atomic E-state index is 10.4. The molecular formula is C19H38O2. The van der Waals surface area contributed by atoms with Gasteiger partial charge in [0.05, 0.1) is 0 Å². The maximum atomic E-state index is 10.4. The topological polar surface area (TPSA) is 37.3 Å². The predicted molar refractivity (Wildman–Crippen MR) is 91.7 cm³/mol. The van der Waals surface area contributed by atoms with Crippen LogP contribution in [0.1, 0.15) is 110 Å². The number of hydrogen-bond acceptors (Lipinski definition) is 1. The summed E-state index contributed by atoms with van der Waals surface area (Å²) in [5, 5.41) is 8.55. The number of rotatable bonds is 16. The van der Waals surface area contributed by atoms with Gasteiger partial charge in [-0.05, 0) is 12.3 Å². The van der Waals surface area contributed by atoms with E-state index in [-0.39, 0.29) is 0 Å². The van der Waals surface area contributed by atoms with Gasteiger partial charge in [0.25, 0.3) is 0 Å². The first kappa shape index (κ1) is 20.5. The molecular weight excluding hydrogens is 260 g/mol. The van der Waals surface area contributed by atoms with Crippen LogP contribution in [0.4, 0.5) is 0 Å². The third-order valence-electron chi connectivity index (χ3n) is 4.39. The molecule has 126 valence electrons. The van der Waals surface area contributed by atoms with Gasteiger partial charge in [0.2, 0.25) is 0 Å². The Hall–Kier alpha value is -0.530. The Kier molecular flexibility index (Phi) is 15.5. The molecule has 2 nitrogen and oxygen atoms in total. The standard InChI is InChI=1S/C19H38O2/c1-3-4-5-6-9-12-15-18(2)16-13-10-7-8-11-14-17-19(20)21/h18H,3-17H2,1-2H3,(H,20,21). The van der Waals surface area contributed by atoms with E-state index >= 15 is 0 Å². The van der Waals surface area contributed by atoms with Crippen LogP contribution in [0, 0.1) is 5.92 Å². The highest BCUT2D eigenvalue weighted by Gasteiger charge is 2.02. The zero-order valence-electron chi connectivity index (χ0n) is 14.5. The van der Waals surface area contributed by atoms with Crippen molar-refractivity contribution in [3.05, 3.63) is 0 Å². The molecule has 1 atom stereocenters. The van der Waals surface area contributed by atoms with Crippen LogP contribution in [-0.4, -0.2) is 11.1 Å². The second-order valence-corrected chi connectivity index (χ2v) is 6.72. The summed E-state index contributed by atoms with van der Waals surface area (Å²) in [5.41, 5.74) is 0. The highest BCUT2D eigenvalue weighted by Crippen LogP contribution is 2.18. The minimum atomic E-state index is -0.654. The van der Waals surface area contributed by atoms with E-state index < -0.39 is 5.97 Å². The Labute approximate surface area is 132 Å². The van der Waals surface area contributed by atoms with Crippen LogP contribution in [0.25, 0.3) is 0 Å². The maximum Gasteiger partial charge on any atom is 0.303 e. The van der Waals surface area contributed by atoms with Gasteiger partial charge < -0.3 is 5.11 Å². The molecule has 0 aromatic carbocycles. The molecule has 0 aromatic heterocycles. The lowest BCUT2D eigenvalue weighted by atomic mass is 9.96. The van der Waals surface area contributed by atoms with E-state index in [4.69, 9.17) is 5.11 Å². The zero-order valence-corrected chi connectivity index (χ0v) is 14.5. The van der Waals surface area contributed by atoms with Crippen LogP contribution in [0.15, 0.2) is 0 Å². The van der Waals surface area contributed by atoms with E-state index in [0.717, 1.165) is 18.8 Å². The van der Waals surface area contributed by atoms with Crippen molar-refractivity contribution in [3.8, 4) is 0 Å². The van der Waals surface area contributed by atoms with Crippen molar-refractivity contribution in [2.45, 2.75) is 110 Å². The SMILES string of the molecule is CCCCCCCCC(C)CCCCCCCCC(=O)O. The van der Waals surface area contributed by atoms with Crippen molar-refractivity contribution in [1.29, 1.82) is 0 Å². The lowest BCUT2D eigenvalue weighted by Crippen LogP contribution is -1.95. The number of carboxylic acid groups (broad SMARTS) is 1. The van der Waals surface area contributed by atoms with E-state index in [9.17, 15) is 4.79 Å². The van der Waals surface area contributed by atoms with Gasteiger partial charge in [0, 0.05) is 6.42 Å². The molecule has 21 heavy (non-hydrogen) atoms. The smallest absolute Gasteiger partial charge is 0.303 e. The predicted octanol–water partition coefficient (Wildman–Crippen LogP) is 6.58. The first-order valence-corrected chi connectivity index (χ1v) is 9.38. The molecule has 0 fully saturated rings. The van der Waals surface area contributed by atoms with Gasteiger partial charge in [0.15, 0.2) is 0 Å². The highest BCUT2D eigenvalue weighted by molar-refractivity contribution is 5.66. The average molecular weight is 299 g/mol. The van der Waals surface area contributed by atoms with Gasteiger partial charge in [-0.2, -0.15) is 0 Å². The minimum Gasteiger partial charge on any atom is -0.481 e. The molecule has 0 amide bonds. The van der Waals surface area contributed by atoms with Crippen LogP contribution in [0.5, 0.6) is 0 Å². The summed E-state index contributed by atoms with van der Waals surface area (Å²) in [6.07, 6.45) is 18.7. The van der Waals surface area contributed by atoms with Crippen molar-refractivity contribution in [3.63, 3.8) is 0 Å². The summed E-state index contributed by atoms with van der Waals surface area (Å²) >= 11 is 0. The molecule has 0 spiro atoms. The Morgan fingerprint density at radius 2 is 1.19 bits per heavy atom. The summed E-state index contributed by atoms with van der Waals surface area (Å²) in [6.45, 7) is 4.67. The lowest BCUT2D eigenvalue weighted by Gasteiger charge is -2.11. The molecule has 0 heterocycles. The fourth-order valence-corrected chi connectivity index (χ4v) is 2.89. The summed E-state index contributed by atoms with van der Waals surface area (Å²) in [5.74, 6) is 0.238. The van der Waals surface area contributed by atoms with Crippen LogP contribution < -0.4 is 0 Å². The third-order valence-corrected chi connectivity index (χ3v) is 4.39. The van der Waals surface area contributed by atoms with Gasteiger partial charge >= 0.3 is 5.97 Å². The molecule has 0 bridgehead atoms. The third kappa shape index (κ3) is 17.4. The average Bonchev–Trinajstić information content (AvgIpc) is 2.45. The zero-order chi connectivity index (χ0) is 15.8. The van der Waals surface area contributed by atoms with Gasteiger partial charge in [-0.25, -0.2) is 0 Å². The molecule has 1 N–H and O–H groups in total. The quantitative estimate of drug-likeness (QED) is 0.327. The number of carboxylic acids is 1. The molecule has 0 saturated heterocycles. The highest BCUT2D eigenvalue weighted by atomic mass is 16.4. The van der Waals surface area contributed by atoms with Crippen molar-refractivity contribution in [2.75, 3.05) is 0 Å². The molecule has 0 aromatic rings. The van der Waals surface area contributed by atoms with E-state index in [1.54, 1.807) is 0 Å². The largest absolute Gasteiger partial charge is 0.481 e. The minimum absolute atomic E-state index is 0.343. The molecule has 0 saturated carbocycles. The number of unbranched alkanes of at least 4 members (excludes halogenated alkanes) is 10. The first-order chi connectivity index (χ1) is 10.2. The summed E-state index contributed by atoms with van der Waals surface area (Å²) in [6, 6.07) is 0. The first-order valence-electron chi connectivity index (χ1n) is 9.38. The molecule has 0 rings (SSSR count). The van der Waals surface area contributed by atoms with Gasteiger partial charge in [-0.1, -0.05) is 97.3 Å². The van der Waals surface area contributed by atoms with Crippen molar-refractivity contribution in [2.24, 2.45) is 5.92 Å². The lowest BCUT2D eigenvalue weighted by molar-refractivity contribution is -0.137.